The van der Waals surface area contributed by atoms with E-state index in [4.69, 9.17) is 4.52 Å². The summed E-state index contributed by atoms with van der Waals surface area (Å²) in [7, 11) is 0. The molecule has 3 fully saturated rings. The van der Waals surface area contributed by atoms with Crippen LogP contribution in [0.25, 0.3) is 0 Å². The number of rotatable bonds is 3. The average Bonchev–Trinajstić information content (AvgIpc) is 3.19. The first-order valence-electron chi connectivity index (χ1n) is 8.68. The summed E-state index contributed by atoms with van der Waals surface area (Å²) in [5.41, 5.74) is 0.893. The Morgan fingerprint density at radius 1 is 1.35 bits per heavy atom. The molecular formula is C17H26ClN3O2. The maximum absolute atomic E-state index is 12.8. The average molecular weight is 340 g/mol. The fourth-order valence-corrected chi connectivity index (χ4v) is 4.61. The highest BCUT2D eigenvalue weighted by atomic mass is 35.5. The summed E-state index contributed by atoms with van der Waals surface area (Å²) in [6.45, 7) is 2.79. The molecular weight excluding hydrogens is 314 g/mol. The molecule has 1 N–H and O–H groups in total. The fourth-order valence-electron chi connectivity index (χ4n) is 4.61. The van der Waals surface area contributed by atoms with Crippen LogP contribution in [0, 0.1) is 12.8 Å². The van der Waals surface area contributed by atoms with Crippen LogP contribution < -0.4 is 5.32 Å². The van der Waals surface area contributed by atoms with Crippen molar-refractivity contribution >= 4 is 18.3 Å². The third-order valence-electron chi connectivity index (χ3n) is 5.58. The predicted molar refractivity (Wildman–Crippen MR) is 89.5 cm³/mol. The van der Waals surface area contributed by atoms with Gasteiger partial charge in [0.2, 0.25) is 5.91 Å². The number of fused-ring (bicyclic) bond motifs is 2. The lowest BCUT2D eigenvalue weighted by Crippen LogP contribution is -2.40. The van der Waals surface area contributed by atoms with Gasteiger partial charge in [-0.25, -0.2) is 0 Å². The van der Waals surface area contributed by atoms with Crippen molar-refractivity contribution < 1.29 is 9.32 Å². The fraction of sp³-hybridized carbons (Fsp3) is 0.765. The molecule has 1 amide bonds. The van der Waals surface area contributed by atoms with E-state index in [1.807, 2.05) is 17.9 Å². The van der Waals surface area contributed by atoms with Crippen molar-refractivity contribution in [2.24, 2.45) is 5.92 Å². The van der Waals surface area contributed by atoms with Crippen LogP contribution in [0.1, 0.15) is 62.4 Å². The van der Waals surface area contributed by atoms with Crippen molar-refractivity contribution in [3.8, 4) is 0 Å². The Balaban J connectivity index is 0.00000156. The molecule has 1 aromatic rings. The van der Waals surface area contributed by atoms with Crippen LogP contribution in [-0.2, 0) is 4.79 Å². The molecule has 3 atom stereocenters. The van der Waals surface area contributed by atoms with Crippen LogP contribution in [-0.4, -0.2) is 34.6 Å². The minimum atomic E-state index is 0. The molecule has 23 heavy (non-hydrogen) atoms. The van der Waals surface area contributed by atoms with Gasteiger partial charge in [0.1, 0.15) is 0 Å². The lowest BCUT2D eigenvalue weighted by molar-refractivity contribution is -0.133. The molecule has 0 aromatic carbocycles. The van der Waals surface area contributed by atoms with Gasteiger partial charge in [0.05, 0.1) is 11.7 Å². The third-order valence-corrected chi connectivity index (χ3v) is 5.58. The first-order chi connectivity index (χ1) is 10.7. The van der Waals surface area contributed by atoms with E-state index in [9.17, 15) is 4.79 Å². The molecule has 3 aliphatic rings. The van der Waals surface area contributed by atoms with E-state index in [1.54, 1.807) is 0 Å². The molecule has 128 valence electrons. The number of halogens is 1. The molecule has 1 aromatic heterocycles. The number of nitrogens with zero attached hydrogens (tertiary/aromatic N) is 2. The normalized spacial score (nSPS) is 32.8. The number of aryl methyl sites for hydroxylation is 1. The summed E-state index contributed by atoms with van der Waals surface area (Å²) in [6, 6.07) is 3.39. The van der Waals surface area contributed by atoms with E-state index in [0.29, 0.717) is 30.3 Å². The van der Waals surface area contributed by atoms with Crippen LogP contribution in [0.3, 0.4) is 0 Å². The van der Waals surface area contributed by atoms with Gasteiger partial charge in [-0.15, -0.1) is 12.4 Å². The van der Waals surface area contributed by atoms with Gasteiger partial charge in [-0.2, -0.15) is 0 Å². The highest BCUT2D eigenvalue weighted by molar-refractivity contribution is 5.85. The minimum Gasteiger partial charge on any atom is -0.359 e. The van der Waals surface area contributed by atoms with E-state index in [0.717, 1.165) is 30.8 Å². The zero-order chi connectivity index (χ0) is 15.1. The molecule has 3 aliphatic heterocycles. The third kappa shape index (κ3) is 3.41. The number of hydrogen-bond donors (Lipinski definition) is 1. The van der Waals surface area contributed by atoms with Gasteiger partial charge in [0, 0.05) is 31.1 Å². The van der Waals surface area contributed by atoms with Crippen LogP contribution in [0.2, 0.25) is 0 Å². The lowest BCUT2D eigenvalue weighted by Gasteiger charge is -2.31. The summed E-state index contributed by atoms with van der Waals surface area (Å²) < 4.78 is 5.41. The second kappa shape index (κ2) is 6.81. The Kier molecular flexibility index (Phi) is 4.97. The van der Waals surface area contributed by atoms with Crippen molar-refractivity contribution in [2.75, 3.05) is 6.54 Å². The monoisotopic (exact) mass is 339 g/mol. The second-order valence-electron chi connectivity index (χ2n) is 7.30. The maximum Gasteiger partial charge on any atom is 0.223 e. The van der Waals surface area contributed by atoms with E-state index in [2.05, 4.69) is 10.5 Å². The highest BCUT2D eigenvalue weighted by Gasteiger charge is 2.37. The molecule has 0 radical (unpaired) electrons. The summed E-state index contributed by atoms with van der Waals surface area (Å²) in [5, 5.41) is 7.63. The molecule has 5 nitrogen and oxygen atoms in total. The van der Waals surface area contributed by atoms with E-state index in [-0.39, 0.29) is 18.4 Å². The largest absolute Gasteiger partial charge is 0.359 e. The van der Waals surface area contributed by atoms with Gasteiger partial charge in [0.15, 0.2) is 5.76 Å². The van der Waals surface area contributed by atoms with E-state index in [1.165, 1.54) is 25.7 Å². The van der Waals surface area contributed by atoms with Crippen molar-refractivity contribution in [3.05, 3.63) is 17.5 Å². The summed E-state index contributed by atoms with van der Waals surface area (Å²) >= 11 is 0. The first-order valence-corrected chi connectivity index (χ1v) is 8.68. The Bertz CT molecular complexity index is 550. The molecule has 3 saturated heterocycles. The number of carbonyl (C=O) groups is 1. The number of carbonyl (C=O) groups excluding carboxylic acids is 1. The number of piperidine rings is 1. The topological polar surface area (TPSA) is 58.4 Å². The highest BCUT2D eigenvalue weighted by Crippen LogP contribution is 2.36. The SMILES string of the molecule is Cc1cc(C2CCCN2C(=O)CC2CC3CCC(C2)N3)on1.Cl. The number of amides is 1. The lowest BCUT2D eigenvalue weighted by atomic mass is 9.89. The van der Waals surface area contributed by atoms with Crippen molar-refractivity contribution in [1.29, 1.82) is 0 Å². The number of nitrogens with one attached hydrogen (secondary N) is 1. The standard InChI is InChI=1S/C17H25N3O2.ClH/c1-11-7-16(22-19-11)15-3-2-6-20(15)17(21)10-12-8-13-4-5-14(9-12)18-13;/h7,12-15,18H,2-6,8-10H2,1H3;1H. The van der Waals surface area contributed by atoms with Gasteiger partial charge in [-0.05, 0) is 51.4 Å². The van der Waals surface area contributed by atoms with Crippen LogP contribution in [0.4, 0.5) is 0 Å². The second-order valence-corrected chi connectivity index (χ2v) is 7.30. The molecule has 0 spiro atoms. The van der Waals surface area contributed by atoms with Crippen molar-refractivity contribution in [3.63, 3.8) is 0 Å². The number of hydrogen-bond acceptors (Lipinski definition) is 4. The number of aromatic nitrogens is 1. The molecule has 3 unspecified atom stereocenters. The first kappa shape index (κ1) is 16.8. The molecule has 6 heteroatoms. The van der Waals surface area contributed by atoms with Gasteiger partial charge >= 0.3 is 0 Å². The minimum absolute atomic E-state index is 0. The molecule has 0 saturated carbocycles. The van der Waals surface area contributed by atoms with Crippen LogP contribution in [0.5, 0.6) is 0 Å². The zero-order valence-electron chi connectivity index (χ0n) is 13.7. The predicted octanol–water partition coefficient (Wildman–Crippen LogP) is 2.99. The Morgan fingerprint density at radius 2 is 2.09 bits per heavy atom. The van der Waals surface area contributed by atoms with E-state index >= 15 is 0 Å². The summed E-state index contributed by atoms with van der Waals surface area (Å²) in [4.78, 5) is 14.8. The smallest absolute Gasteiger partial charge is 0.223 e. The Morgan fingerprint density at radius 3 is 2.74 bits per heavy atom. The van der Waals surface area contributed by atoms with Gasteiger partial charge in [0.25, 0.3) is 0 Å². The number of likely N-dealkylation sites (tertiary alicyclic amines) is 1. The van der Waals surface area contributed by atoms with Crippen molar-refractivity contribution in [2.45, 2.75) is 70.0 Å². The van der Waals surface area contributed by atoms with Gasteiger partial charge in [-0.3, -0.25) is 4.79 Å². The molecule has 4 heterocycles. The molecule has 4 rings (SSSR count). The van der Waals surface area contributed by atoms with Crippen LogP contribution in [0.15, 0.2) is 10.6 Å². The maximum atomic E-state index is 12.8. The van der Waals surface area contributed by atoms with E-state index < -0.39 is 0 Å². The van der Waals surface area contributed by atoms with Gasteiger partial charge < -0.3 is 14.7 Å². The Labute approximate surface area is 143 Å². The quantitative estimate of drug-likeness (QED) is 0.919. The Hall–Kier alpha value is -1.07. The van der Waals surface area contributed by atoms with Crippen LogP contribution >= 0.6 is 12.4 Å². The summed E-state index contributed by atoms with van der Waals surface area (Å²) in [6.07, 6.45) is 7.69. The zero-order valence-corrected chi connectivity index (χ0v) is 14.5. The van der Waals surface area contributed by atoms with Gasteiger partial charge in [-0.1, -0.05) is 5.16 Å². The molecule has 0 aliphatic carbocycles. The molecule has 2 bridgehead atoms. The van der Waals surface area contributed by atoms with Crippen molar-refractivity contribution in [1.82, 2.24) is 15.4 Å². The summed E-state index contributed by atoms with van der Waals surface area (Å²) in [5.74, 6) is 1.72.